The molecule has 1 aromatic carbocycles. The zero-order valence-corrected chi connectivity index (χ0v) is 12.1. The standard InChI is InChI=1S/C16H19N3O/c1-11-8-9-20-16(11)14(17-2)10-13-12-6-4-5-7-15(12)19(3)18-13/h4-9,14,17H,10H2,1-3H3. The predicted molar refractivity (Wildman–Crippen MR) is 79.7 cm³/mol. The van der Waals surface area contributed by atoms with Crippen LogP contribution in [-0.4, -0.2) is 16.8 Å². The second-order valence-corrected chi connectivity index (χ2v) is 5.10. The highest BCUT2D eigenvalue weighted by atomic mass is 16.3. The Morgan fingerprint density at radius 2 is 2.10 bits per heavy atom. The van der Waals surface area contributed by atoms with Crippen LogP contribution in [0.5, 0.6) is 0 Å². The van der Waals surface area contributed by atoms with Gasteiger partial charge in [0.1, 0.15) is 5.76 Å². The normalized spacial score (nSPS) is 12.9. The number of aryl methyl sites for hydroxylation is 2. The van der Waals surface area contributed by atoms with Gasteiger partial charge >= 0.3 is 0 Å². The Labute approximate surface area is 118 Å². The zero-order chi connectivity index (χ0) is 14.1. The van der Waals surface area contributed by atoms with Crippen LogP contribution in [0.4, 0.5) is 0 Å². The molecular weight excluding hydrogens is 250 g/mol. The molecule has 1 unspecified atom stereocenters. The first-order valence-corrected chi connectivity index (χ1v) is 6.82. The largest absolute Gasteiger partial charge is 0.467 e. The lowest BCUT2D eigenvalue weighted by Gasteiger charge is -2.13. The molecule has 0 aliphatic rings. The molecule has 1 N–H and O–H groups in total. The van der Waals surface area contributed by atoms with E-state index in [1.807, 2.05) is 30.9 Å². The third-order valence-corrected chi connectivity index (χ3v) is 3.80. The molecular formula is C16H19N3O. The van der Waals surface area contributed by atoms with Crippen LogP contribution in [0.2, 0.25) is 0 Å². The highest BCUT2D eigenvalue weighted by molar-refractivity contribution is 5.81. The highest BCUT2D eigenvalue weighted by Gasteiger charge is 2.19. The second-order valence-electron chi connectivity index (χ2n) is 5.10. The third kappa shape index (κ3) is 2.12. The zero-order valence-electron chi connectivity index (χ0n) is 12.1. The first kappa shape index (κ1) is 12.9. The van der Waals surface area contributed by atoms with Gasteiger partial charge in [0, 0.05) is 18.9 Å². The number of aromatic nitrogens is 2. The van der Waals surface area contributed by atoms with Crippen LogP contribution >= 0.6 is 0 Å². The predicted octanol–water partition coefficient (Wildman–Crippen LogP) is 2.98. The monoisotopic (exact) mass is 269 g/mol. The van der Waals surface area contributed by atoms with E-state index in [4.69, 9.17) is 4.42 Å². The van der Waals surface area contributed by atoms with E-state index in [2.05, 4.69) is 35.5 Å². The average molecular weight is 269 g/mol. The molecule has 104 valence electrons. The van der Waals surface area contributed by atoms with Crippen molar-refractivity contribution >= 4 is 10.9 Å². The van der Waals surface area contributed by atoms with E-state index in [1.165, 1.54) is 10.9 Å². The van der Waals surface area contributed by atoms with Gasteiger partial charge in [0.05, 0.1) is 23.5 Å². The van der Waals surface area contributed by atoms with Gasteiger partial charge in [-0.2, -0.15) is 5.10 Å². The van der Waals surface area contributed by atoms with Gasteiger partial charge in [-0.1, -0.05) is 18.2 Å². The van der Waals surface area contributed by atoms with E-state index < -0.39 is 0 Å². The summed E-state index contributed by atoms with van der Waals surface area (Å²) in [6, 6.07) is 10.5. The van der Waals surface area contributed by atoms with Crippen LogP contribution < -0.4 is 5.32 Å². The smallest absolute Gasteiger partial charge is 0.123 e. The number of rotatable bonds is 4. The van der Waals surface area contributed by atoms with E-state index >= 15 is 0 Å². The Bertz CT molecular complexity index is 726. The quantitative estimate of drug-likeness (QED) is 0.792. The summed E-state index contributed by atoms with van der Waals surface area (Å²) in [6.45, 7) is 2.07. The molecule has 0 aliphatic carbocycles. The van der Waals surface area contributed by atoms with Gasteiger partial charge in [0.25, 0.3) is 0 Å². The van der Waals surface area contributed by atoms with Crippen molar-refractivity contribution in [2.45, 2.75) is 19.4 Å². The van der Waals surface area contributed by atoms with Crippen molar-refractivity contribution in [1.82, 2.24) is 15.1 Å². The maximum Gasteiger partial charge on any atom is 0.123 e. The van der Waals surface area contributed by atoms with Crippen LogP contribution in [0.15, 0.2) is 41.0 Å². The van der Waals surface area contributed by atoms with Crippen molar-refractivity contribution < 1.29 is 4.42 Å². The van der Waals surface area contributed by atoms with Crippen molar-refractivity contribution in [2.24, 2.45) is 7.05 Å². The Hall–Kier alpha value is -2.07. The minimum absolute atomic E-state index is 0.142. The van der Waals surface area contributed by atoms with E-state index in [9.17, 15) is 0 Å². The summed E-state index contributed by atoms with van der Waals surface area (Å²) in [5.41, 5.74) is 3.43. The van der Waals surface area contributed by atoms with Crippen LogP contribution in [0.1, 0.15) is 23.1 Å². The number of hydrogen-bond acceptors (Lipinski definition) is 3. The van der Waals surface area contributed by atoms with Crippen molar-refractivity contribution in [1.29, 1.82) is 0 Å². The molecule has 4 heteroatoms. The van der Waals surface area contributed by atoms with Gasteiger partial charge < -0.3 is 9.73 Å². The van der Waals surface area contributed by atoms with E-state index in [1.54, 1.807) is 6.26 Å². The molecule has 0 amide bonds. The maximum atomic E-state index is 5.61. The first-order chi connectivity index (χ1) is 9.70. The summed E-state index contributed by atoms with van der Waals surface area (Å²) in [4.78, 5) is 0. The van der Waals surface area contributed by atoms with Gasteiger partial charge in [0.15, 0.2) is 0 Å². The molecule has 0 saturated carbocycles. The summed E-state index contributed by atoms with van der Waals surface area (Å²) in [5.74, 6) is 0.988. The summed E-state index contributed by atoms with van der Waals surface area (Å²) >= 11 is 0. The number of nitrogens with one attached hydrogen (secondary N) is 1. The fourth-order valence-electron chi connectivity index (χ4n) is 2.70. The van der Waals surface area contributed by atoms with E-state index in [-0.39, 0.29) is 6.04 Å². The number of benzene rings is 1. The highest BCUT2D eigenvalue weighted by Crippen LogP contribution is 2.25. The minimum atomic E-state index is 0.142. The van der Waals surface area contributed by atoms with Gasteiger partial charge in [-0.25, -0.2) is 0 Å². The minimum Gasteiger partial charge on any atom is -0.467 e. The van der Waals surface area contributed by atoms with Crippen molar-refractivity contribution in [3.8, 4) is 0 Å². The van der Waals surface area contributed by atoms with Crippen LogP contribution in [0.3, 0.4) is 0 Å². The molecule has 0 saturated heterocycles. The van der Waals surface area contributed by atoms with Crippen LogP contribution in [-0.2, 0) is 13.5 Å². The number of para-hydroxylation sites is 1. The van der Waals surface area contributed by atoms with E-state index in [0.29, 0.717) is 0 Å². The summed E-state index contributed by atoms with van der Waals surface area (Å²) in [6.07, 6.45) is 2.55. The van der Waals surface area contributed by atoms with Crippen molar-refractivity contribution in [3.63, 3.8) is 0 Å². The first-order valence-electron chi connectivity index (χ1n) is 6.82. The lowest BCUT2D eigenvalue weighted by molar-refractivity contribution is 0.424. The topological polar surface area (TPSA) is 43.0 Å². The average Bonchev–Trinajstić information content (AvgIpc) is 3.01. The molecule has 2 aromatic heterocycles. The van der Waals surface area contributed by atoms with Gasteiger partial charge in [0.2, 0.25) is 0 Å². The molecule has 1 atom stereocenters. The molecule has 3 rings (SSSR count). The van der Waals surface area contributed by atoms with Gasteiger partial charge in [-0.15, -0.1) is 0 Å². The fourth-order valence-corrected chi connectivity index (χ4v) is 2.70. The molecule has 2 heterocycles. The Morgan fingerprint density at radius 3 is 2.80 bits per heavy atom. The molecule has 0 spiro atoms. The molecule has 4 nitrogen and oxygen atoms in total. The molecule has 0 aliphatic heterocycles. The Kier molecular flexibility index (Phi) is 3.32. The Balaban J connectivity index is 1.98. The van der Waals surface area contributed by atoms with Crippen molar-refractivity contribution in [2.75, 3.05) is 7.05 Å². The molecule has 0 fully saturated rings. The summed E-state index contributed by atoms with van der Waals surface area (Å²) in [7, 11) is 3.94. The third-order valence-electron chi connectivity index (χ3n) is 3.80. The number of furan rings is 1. The summed E-state index contributed by atoms with van der Waals surface area (Å²) in [5, 5.41) is 9.18. The molecule has 3 aromatic rings. The number of fused-ring (bicyclic) bond motifs is 1. The molecule has 0 bridgehead atoms. The lowest BCUT2D eigenvalue weighted by atomic mass is 10.0. The van der Waals surface area contributed by atoms with Crippen molar-refractivity contribution in [3.05, 3.63) is 53.6 Å². The number of hydrogen-bond donors (Lipinski definition) is 1. The Morgan fingerprint density at radius 1 is 1.30 bits per heavy atom. The van der Waals surface area contributed by atoms with Crippen LogP contribution in [0, 0.1) is 6.92 Å². The van der Waals surface area contributed by atoms with Gasteiger partial charge in [-0.3, -0.25) is 4.68 Å². The molecule has 0 radical (unpaired) electrons. The van der Waals surface area contributed by atoms with Crippen LogP contribution in [0.25, 0.3) is 10.9 Å². The SMILES string of the molecule is CNC(Cc1nn(C)c2ccccc12)c1occc1C. The number of nitrogens with zero attached hydrogens (tertiary/aromatic N) is 2. The fraction of sp³-hybridized carbons (Fsp3) is 0.312. The lowest BCUT2D eigenvalue weighted by Crippen LogP contribution is -2.19. The summed E-state index contributed by atoms with van der Waals surface area (Å²) < 4.78 is 7.55. The maximum absolute atomic E-state index is 5.61. The van der Waals surface area contributed by atoms with E-state index in [0.717, 1.165) is 23.4 Å². The van der Waals surface area contributed by atoms with Gasteiger partial charge in [-0.05, 0) is 31.7 Å². The second kappa shape index (κ2) is 5.13. The number of likely N-dealkylation sites (N-methyl/N-ethyl adjacent to an activating group) is 1. The molecule has 20 heavy (non-hydrogen) atoms.